The van der Waals surface area contributed by atoms with Crippen LogP contribution < -0.4 is 0 Å². The molecule has 1 aromatic heterocycles. The second kappa shape index (κ2) is 5.72. The minimum atomic E-state index is -0.668. The van der Waals surface area contributed by atoms with Crippen molar-refractivity contribution in [3.63, 3.8) is 0 Å². The largest absolute Gasteiger partial charge is 0.333 e. The molecule has 0 unspecified atom stereocenters. The van der Waals surface area contributed by atoms with Crippen molar-refractivity contribution in [2.24, 2.45) is 0 Å². The van der Waals surface area contributed by atoms with Crippen LogP contribution in [0.3, 0.4) is 0 Å². The summed E-state index contributed by atoms with van der Waals surface area (Å²) in [4.78, 5) is 48.4. The number of aromatic nitrogens is 2. The van der Waals surface area contributed by atoms with E-state index >= 15 is 0 Å². The Hall–Kier alpha value is -3.09. The van der Waals surface area contributed by atoms with Crippen LogP contribution in [0.5, 0.6) is 0 Å². The highest BCUT2D eigenvalue weighted by Gasteiger charge is 2.38. The number of imide groups is 1. The SMILES string of the molecule is O=C(CCc1cncnc1)ON1C(=O)c2ccccc2C1=O. The van der Waals surface area contributed by atoms with Gasteiger partial charge in [-0.15, -0.1) is 0 Å². The molecule has 2 aromatic rings. The van der Waals surface area contributed by atoms with Crippen molar-refractivity contribution >= 4 is 17.8 Å². The number of rotatable bonds is 4. The van der Waals surface area contributed by atoms with Crippen LogP contribution in [-0.4, -0.2) is 32.8 Å². The molecule has 0 saturated carbocycles. The molecule has 0 bridgehead atoms. The Balaban J connectivity index is 1.63. The van der Waals surface area contributed by atoms with Gasteiger partial charge in [0.1, 0.15) is 6.33 Å². The van der Waals surface area contributed by atoms with Gasteiger partial charge in [-0.1, -0.05) is 17.2 Å². The lowest BCUT2D eigenvalue weighted by Gasteiger charge is -2.12. The molecule has 1 aliphatic heterocycles. The van der Waals surface area contributed by atoms with Crippen molar-refractivity contribution in [2.45, 2.75) is 12.8 Å². The van der Waals surface area contributed by atoms with Gasteiger partial charge >= 0.3 is 5.97 Å². The molecule has 7 heteroatoms. The molecular weight excluding hydrogens is 286 g/mol. The summed E-state index contributed by atoms with van der Waals surface area (Å²) in [5.74, 6) is -1.92. The predicted molar refractivity (Wildman–Crippen MR) is 73.4 cm³/mol. The van der Waals surface area contributed by atoms with Crippen LogP contribution in [0.4, 0.5) is 0 Å². The maximum atomic E-state index is 12.0. The number of carbonyl (C=O) groups excluding carboxylic acids is 3. The zero-order chi connectivity index (χ0) is 15.5. The van der Waals surface area contributed by atoms with E-state index < -0.39 is 17.8 Å². The summed E-state index contributed by atoms with van der Waals surface area (Å²) in [6.45, 7) is 0. The van der Waals surface area contributed by atoms with Crippen LogP contribution in [0.1, 0.15) is 32.7 Å². The lowest BCUT2D eigenvalue weighted by molar-refractivity contribution is -0.168. The molecule has 0 radical (unpaired) electrons. The average molecular weight is 297 g/mol. The average Bonchev–Trinajstić information content (AvgIpc) is 2.79. The number of hydrogen-bond donors (Lipinski definition) is 0. The molecule has 0 spiro atoms. The van der Waals surface area contributed by atoms with Crippen LogP contribution in [-0.2, 0) is 16.1 Å². The zero-order valence-corrected chi connectivity index (χ0v) is 11.4. The summed E-state index contributed by atoms with van der Waals surface area (Å²) in [6, 6.07) is 6.32. The molecule has 2 heterocycles. The van der Waals surface area contributed by atoms with Crippen molar-refractivity contribution in [2.75, 3.05) is 0 Å². The van der Waals surface area contributed by atoms with Gasteiger partial charge in [0.15, 0.2) is 0 Å². The first-order valence-corrected chi connectivity index (χ1v) is 6.59. The first-order chi connectivity index (χ1) is 10.7. The van der Waals surface area contributed by atoms with Gasteiger partial charge in [-0.3, -0.25) is 9.59 Å². The Bertz CT molecular complexity index is 710. The van der Waals surface area contributed by atoms with Gasteiger partial charge in [0.25, 0.3) is 11.8 Å². The predicted octanol–water partition coefficient (Wildman–Crippen LogP) is 1.16. The van der Waals surface area contributed by atoms with Crippen LogP contribution in [0, 0.1) is 0 Å². The molecule has 7 nitrogen and oxygen atoms in total. The number of benzene rings is 1. The molecule has 0 N–H and O–H groups in total. The normalized spacial score (nSPS) is 13.2. The van der Waals surface area contributed by atoms with E-state index in [1.807, 2.05) is 0 Å². The molecule has 0 fully saturated rings. The number of hydrogen-bond acceptors (Lipinski definition) is 6. The molecular formula is C15H11N3O4. The molecule has 0 atom stereocenters. The number of nitrogens with zero attached hydrogens (tertiary/aromatic N) is 3. The third kappa shape index (κ3) is 2.56. The number of carbonyl (C=O) groups is 3. The van der Waals surface area contributed by atoms with E-state index in [4.69, 9.17) is 4.84 Å². The number of amides is 2. The summed E-state index contributed by atoms with van der Waals surface area (Å²) in [6.07, 6.45) is 4.94. The molecule has 3 rings (SSSR count). The molecule has 0 saturated heterocycles. The molecule has 110 valence electrons. The maximum absolute atomic E-state index is 12.0. The fourth-order valence-electron chi connectivity index (χ4n) is 2.10. The third-order valence-corrected chi connectivity index (χ3v) is 3.18. The Morgan fingerprint density at radius 3 is 2.23 bits per heavy atom. The van der Waals surface area contributed by atoms with Gasteiger partial charge in [-0.05, 0) is 24.1 Å². The van der Waals surface area contributed by atoms with E-state index in [0.29, 0.717) is 11.5 Å². The first-order valence-electron chi connectivity index (χ1n) is 6.59. The lowest BCUT2D eigenvalue weighted by atomic mass is 10.1. The standard InChI is InChI=1S/C15H11N3O4/c19-13(6-5-10-7-16-9-17-8-10)22-18-14(20)11-3-1-2-4-12(11)15(18)21/h1-4,7-9H,5-6H2. The quantitative estimate of drug-likeness (QED) is 0.787. The summed E-state index contributed by atoms with van der Waals surface area (Å²) in [7, 11) is 0. The molecule has 1 aliphatic rings. The van der Waals surface area contributed by atoms with Gasteiger partial charge in [-0.2, -0.15) is 0 Å². The first kappa shape index (κ1) is 13.9. The number of hydroxylamine groups is 2. The summed E-state index contributed by atoms with van der Waals surface area (Å²) in [5, 5.41) is 0.508. The second-order valence-corrected chi connectivity index (χ2v) is 4.66. The molecule has 22 heavy (non-hydrogen) atoms. The van der Waals surface area contributed by atoms with E-state index in [9.17, 15) is 14.4 Å². The van der Waals surface area contributed by atoms with E-state index in [0.717, 1.165) is 5.56 Å². The van der Waals surface area contributed by atoms with Gasteiger partial charge in [0, 0.05) is 12.4 Å². The smallest absolute Gasteiger partial charge is 0.330 e. The van der Waals surface area contributed by atoms with Gasteiger partial charge in [0.05, 0.1) is 17.5 Å². The van der Waals surface area contributed by atoms with E-state index in [2.05, 4.69) is 9.97 Å². The maximum Gasteiger partial charge on any atom is 0.333 e. The fraction of sp³-hybridized carbons (Fsp3) is 0.133. The highest BCUT2D eigenvalue weighted by molar-refractivity contribution is 6.20. The summed E-state index contributed by atoms with van der Waals surface area (Å²) >= 11 is 0. The van der Waals surface area contributed by atoms with Crippen LogP contribution in [0.2, 0.25) is 0 Å². The van der Waals surface area contributed by atoms with Crippen molar-refractivity contribution in [1.82, 2.24) is 15.0 Å². The van der Waals surface area contributed by atoms with E-state index in [-0.39, 0.29) is 17.5 Å². The van der Waals surface area contributed by atoms with Crippen LogP contribution >= 0.6 is 0 Å². The van der Waals surface area contributed by atoms with Crippen molar-refractivity contribution in [3.8, 4) is 0 Å². The molecule has 1 aromatic carbocycles. The van der Waals surface area contributed by atoms with Crippen molar-refractivity contribution in [1.29, 1.82) is 0 Å². The molecule has 2 amide bonds. The fourth-order valence-corrected chi connectivity index (χ4v) is 2.10. The van der Waals surface area contributed by atoms with E-state index in [1.54, 1.807) is 24.5 Å². The van der Waals surface area contributed by atoms with Gasteiger partial charge in [-0.25, -0.2) is 14.8 Å². The highest BCUT2D eigenvalue weighted by Crippen LogP contribution is 2.22. The Morgan fingerprint density at radius 2 is 1.64 bits per heavy atom. The van der Waals surface area contributed by atoms with Crippen LogP contribution in [0.25, 0.3) is 0 Å². The van der Waals surface area contributed by atoms with Crippen LogP contribution in [0.15, 0.2) is 43.0 Å². The van der Waals surface area contributed by atoms with Gasteiger partial charge < -0.3 is 4.84 Å². The number of fused-ring (bicyclic) bond motifs is 1. The minimum Gasteiger partial charge on any atom is -0.330 e. The molecule has 0 aliphatic carbocycles. The summed E-state index contributed by atoms with van der Waals surface area (Å²) in [5.41, 5.74) is 1.23. The third-order valence-electron chi connectivity index (χ3n) is 3.18. The monoisotopic (exact) mass is 297 g/mol. The topological polar surface area (TPSA) is 89.5 Å². The lowest BCUT2D eigenvalue weighted by Crippen LogP contribution is -2.32. The Labute approximate surface area is 125 Å². The number of aryl methyl sites for hydroxylation is 1. The highest BCUT2D eigenvalue weighted by atomic mass is 16.7. The Kier molecular flexibility index (Phi) is 3.61. The zero-order valence-electron chi connectivity index (χ0n) is 11.4. The summed E-state index contributed by atoms with van der Waals surface area (Å²) < 4.78 is 0. The minimum absolute atomic E-state index is 0.0147. The second-order valence-electron chi connectivity index (χ2n) is 4.66. The Morgan fingerprint density at radius 1 is 1.05 bits per heavy atom. The van der Waals surface area contributed by atoms with E-state index in [1.165, 1.54) is 18.5 Å². The van der Waals surface area contributed by atoms with Gasteiger partial charge in [0.2, 0.25) is 0 Å². The van der Waals surface area contributed by atoms with Crippen molar-refractivity contribution in [3.05, 3.63) is 59.7 Å². The van der Waals surface area contributed by atoms with Crippen molar-refractivity contribution < 1.29 is 19.2 Å².